The first-order valence-corrected chi connectivity index (χ1v) is 2.06. The molecule has 0 atom stereocenters. The van der Waals surface area contributed by atoms with Gasteiger partial charge in [-0.05, 0) is 11.8 Å². The van der Waals surface area contributed by atoms with Gasteiger partial charge in [0.25, 0.3) is 11.8 Å². The minimum absolute atomic E-state index is 0.718. The van der Waals surface area contributed by atoms with Crippen LogP contribution in [0.4, 0.5) is 0 Å². The Balaban J connectivity index is 0. The molecule has 0 fully saturated rings. The van der Waals surface area contributed by atoms with Gasteiger partial charge in [-0.3, -0.25) is 9.59 Å². The highest BCUT2D eigenvalue weighted by atomic mass is 16.1. The van der Waals surface area contributed by atoms with Crippen LogP contribution in [0.3, 0.4) is 0 Å². The first-order valence-electron chi connectivity index (χ1n) is 2.06. The number of primary amides is 2. The minimum Gasteiger partial charge on any atom is -0.359 e. The van der Waals surface area contributed by atoms with E-state index in [1.165, 1.54) is 0 Å². The highest BCUT2D eigenvalue weighted by molar-refractivity contribution is 5.91. The molecule has 0 saturated carbocycles. The number of nitrogens with two attached hydrogens (primary N) is 2. The molecule has 0 bridgehead atoms. The first kappa shape index (κ1) is 10.9. The highest BCUT2D eigenvalue weighted by Gasteiger charge is 1.70. The summed E-state index contributed by atoms with van der Waals surface area (Å²) < 4.78 is 0. The Bertz CT molecular complexity index is 183. The molecule has 10 heavy (non-hydrogen) atoms. The van der Waals surface area contributed by atoms with Gasteiger partial charge in [0.15, 0.2) is 0 Å². The predicted molar refractivity (Wildman–Crippen MR) is 36.1 cm³/mol. The molecule has 0 spiro atoms. The molecule has 0 aromatic heterocycles. The Labute approximate surface area is 58.6 Å². The molecule has 0 aliphatic rings. The second-order valence-electron chi connectivity index (χ2n) is 1.02. The van der Waals surface area contributed by atoms with Gasteiger partial charge in [0.05, 0.1) is 0 Å². The molecular formula is C6H6N2O2. The van der Waals surface area contributed by atoms with Gasteiger partial charge in [0.2, 0.25) is 0 Å². The third-order valence-corrected chi connectivity index (χ3v) is 0.285. The lowest BCUT2D eigenvalue weighted by Crippen LogP contribution is -2.05. The molecule has 0 aromatic rings. The lowest BCUT2D eigenvalue weighted by Gasteiger charge is -1.61. The smallest absolute Gasteiger partial charge is 0.293 e. The van der Waals surface area contributed by atoms with Crippen molar-refractivity contribution in [1.29, 1.82) is 0 Å². The Kier molecular flexibility index (Phi) is 7.72. The maximum Gasteiger partial charge on any atom is 0.293 e. The van der Waals surface area contributed by atoms with Crippen LogP contribution < -0.4 is 11.5 Å². The Morgan fingerprint density at radius 1 is 1.00 bits per heavy atom. The van der Waals surface area contributed by atoms with Crippen molar-refractivity contribution in [3.8, 4) is 24.7 Å². The molecule has 2 amide bonds. The van der Waals surface area contributed by atoms with Crippen LogP contribution in [0.2, 0.25) is 0 Å². The van der Waals surface area contributed by atoms with E-state index in [0.717, 1.165) is 0 Å². The summed E-state index contributed by atoms with van der Waals surface area (Å²) >= 11 is 0. The van der Waals surface area contributed by atoms with Crippen LogP contribution in [-0.2, 0) is 9.59 Å². The van der Waals surface area contributed by atoms with Gasteiger partial charge in [-0.25, -0.2) is 0 Å². The predicted octanol–water partition coefficient (Wildman–Crippen LogP) is -1.79. The summed E-state index contributed by atoms with van der Waals surface area (Å²) in [6.07, 6.45) is 8.89. The van der Waals surface area contributed by atoms with Crippen LogP contribution in [0.5, 0.6) is 0 Å². The summed E-state index contributed by atoms with van der Waals surface area (Å²) in [7, 11) is 0. The Morgan fingerprint density at radius 3 is 1.10 bits per heavy atom. The zero-order valence-electron chi connectivity index (χ0n) is 5.13. The molecule has 0 aliphatic carbocycles. The third-order valence-electron chi connectivity index (χ3n) is 0.285. The summed E-state index contributed by atoms with van der Waals surface area (Å²) in [6, 6.07) is 0. The van der Waals surface area contributed by atoms with Gasteiger partial charge in [-0.2, -0.15) is 0 Å². The quantitative estimate of drug-likeness (QED) is 0.387. The van der Waals surface area contributed by atoms with Crippen LogP contribution in [0, 0.1) is 24.7 Å². The first-order chi connectivity index (χ1) is 4.54. The minimum atomic E-state index is -0.718. The second-order valence-corrected chi connectivity index (χ2v) is 1.02. The van der Waals surface area contributed by atoms with Crippen LogP contribution in [-0.4, -0.2) is 11.8 Å². The molecule has 4 N–H and O–H groups in total. The largest absolute Gasteiger partial charge is 0.359 e. The lowest BCUT2D eigenvalue weighted by molar-refractivity contribution is -0.113. The molecule has 0 unspecified atom stereocenters. The Morgan fingerprint density at radius 2 is 1.10 bits per heavy atom. The van der Waals surface area contributed by atoms with Crippen molar-refractivity contribution in [2.45, 2.75) is 0 Å². The number of carbonyl (C=O) groups is 2. The average Bonchev–Trinajstić information content (AvgIpc) is 1.89. The molecule has 52 valence electrons. The Hall–Kier alpha value is -1.94. The summed E-state index contributed by atoms with van der Waals surface area (Å²) in [5, 5.41) is 0. The van der Waals surface area contributed by atoms with Gasteiger partial charge >= 0.3 is 0 Å². The summed E-state index contributed by atoms with van der Waals surface area (Å²) in [6.45, 7) is 0. The zero-order chi connectivity index (χ0) is 8.57. The number of hydrogen-bond acceptors (Lipinski definition) is 2. The van der Waals surface area contributed by atoms with E-state index in [4.69, 9.17) is 0 Å². The van der Waals surface area contributed by atoms with Gasteiger partial charge in [0.1, 0.15) is 0 Å². The van der Waals surface area contributed by atoms with Crippen LogP contribution in [0.1, 0.15) is 0 Å². The standard InChI is InChI=1S/2C3H3NO/c2*1-2-3(4)5/h2*1H,(H2,4,5). The highest BCUT2D eigenvalue weighted by Crippen LogP contribution is 1.37. The number of hydrogen-bond donors (Lipinski definition) is 2. The molecule has 0 rings (SSSR count). The van der Waals surface area contributed by atoms with Gasteiger partial charge in [-0.15, -0.1) is 12.8 Å². The van der Waals surface area contributed by atoms with Crippen molar-refractivity contribution in [2.24, 2.45) is 11.5 Å². The molecule has 4 heteroatoms. The third kappa shape index (κ3) is 36.6. The van der Waals surface area contributed by atoms with E-state index in [9.17, 15) is 9.59 Å². The molecule has 0 saturated heterocycles. The fraction of sp³-hybridized carbons (Fsp3) is 0. The van der Waals surface area contributed by atoms with E-state index in [1.54, 1.807) is 11.8 Å². The van der Waals surface area contributed by atoms with Crippen LogP contribution in [0.25, 0.3) is 0 Å². The van der Waals surface area contributed by atoms with Crippen molar-refractivity contribution in [1.82, 2.24) is 0 Å². The number of terminal acetylenes is 2. The molecule has 4 nitrogen and oxygen atoms in total. The molecule has 0 radical (unpaired) electrons. The maximum atomic E-state index is 9.35. The average molecular weight is 138 g/mol. The molecular weight excluding hydrogens is 132 g/mol. The number of carbonyl (C=O) groups excluding carboxylic acids is 2. The lowest BCUT2D eigenvalue weighted by atomic mass is 10.7. The normalized spacial score (nSPS) is 5.40. The van der Waals surface area contributed by atoms with Crippen LogP contribution in [0.15, 0.2) is 0 Å². The van der Waals surface area contributed by atoms with Crippen molar-refractivity contribution in [2.75, 3.05) is 0 Å². The van der Waals surface area contributed by atoms with E-state index < -0.39 is 11.8 Å². The monoisotopic (exact) mass is 138 g/mol. The summed E-state index contributed by atoms with van der Waals surface area (Å²) in [4.78, 5) is 18.7. The van der Waals surface area contributed by atoms with Crippen LogP contribution >= 0.6 is 0 Å². The topological polar surface area (TPSA) is 86.2 Å². The molecule has 0 heterocycles. The maximum absolute atomic E-state index is 9.35. The second kappa shape index (κ2) is 7.06. The molecule has 0 aromatic carbocycles. The van der Waals surface area contributed by atoms with Crippen molar-refractivity contribution < 1.29 is 9.59 Å². The number of amides is 2. The van der Waals surface area contributed by atoms with E-state index >= 15 is 0 Å². The van der Waals surface area contributed by atoms with Crippen molar-refractivity contribution in [3.05, 3.63) is 0 Å². The fourth-order valence-electron chi connectivity index (χ4n) is 0. The fourth-order valence-corrected chi connectivity index (χ4v) is 0. The van der Waals surface area contributed by atoms with Gasteiger partial charge in [0, 0.05) is 0 Å². The van der Waals surface area contributed by atoms with Gasteiger partial charge < -0.3 is 11.5 Å². The summed E-state index contributed by atoms with van der Waals surface area (Å²) in [5.41, 5.74) is 8.83. The van der Waals surface area contributed by atoms with Gasteiger partial charge in [-0.1, -0.05) is 0 Å². The van der Waals surface area contributed by atoms with Crippen molar-refractivity contribution in [3.63, 3.8) is 0 Å². The SMILES string of the molecule is C#CC(N)=O.C#CC(N)=O. The number of rotatable bonds is 0. The molecule has 0 aliphatic heterocycles. The van der Waals surface area contributed by atoms with E-state index in [1.807, 2.05) is 0 Å². The van der Waals surface area contributed by atoms with E-state index in [-0.39, 0.29) is 0 Å². The summed E-state index contributed by atoms with van der Waals surface area (Å²) in [5.74, 6) is 1.90. The van der Waals surface area contributed by atoms with Crippen molar-refractivity contribution >= 4 is 11.8 Å². The van der Waals surface area contributed by atoms with E-state index in [0.29, 0.717) is 0 Å². The van der Waals surface area contributed by atoms with E-state index in [2.05, 4.69) is 24.3 Å². The zero-order valence-corrected chi connectivity index (χ0v) is 5.13.